The Balaban J connectivity index is 1.26. The first-order chi connectivity index (χ1) is 14.6. The first kappa shape index (κ1) is 19.2. The van der Waals surface area contributed by atoms with E-state index in [0.29, 0.717) is 5.92 Å². The minimum Gasteiger partial charge on any atom is -0.497 e. The van der Waals surface area contributed by atoms with Crippen molar-refractivity contribution < 1.29 is 9.13 Å². The molecule has 30 heavy (non-hydrogen) atoms. The molecule has 5 heteroatoms. The fourth-order valence-electron chi connectivity index (χ4n) is 5.04. The van der Waals surface area contributed by atoms with E-state index < -0.39 is 0 Å². The van der Waals surface area contributed by atoms with Crippen molar-refractivity contribution in [3.8, 4) is 5.75 Å². The van der Waals surface area contributed by atoms with Crippen molar-refractivity contribution in [3.05, 3.63) is 65.2 Å². The summed E-state index contributed by atoms with van der Waals surface area (Å²) in [6.07, 6.45) is 5.17. The van der Waals surface area contributed by atoms with Crippen LogP contribution in [0.4, 0.5) is 4.39 Å². The zero-order valence-electron chi connectivity index (χ0n) is 17.6. The SMILES string of the molecule is COc1ccc2[nH]c(C)c(CCN3CCC(c4c[nH]c5cccc(F)c45)CC3)c2c1. The zero-order valence-corrected chi connectivity index (χ0v) is 17.6. The third-order valence-electron chi connectivity index (χ3n) is 6.72. The van der Waals surface area contributed by atoms with Gasteiger partial charge in [0.05, 0.1) is 7.11 Å². The molecule has 0 radical (unpaired) electrons. The number of methoxy groups -OCH3 is 1. The summed E-state index contributed by atoms with van der Waals surface area (Å²) >= 11 is 0. The monoisotopic (exact) mass is 405 g/mol. The molecule has 4 nitrogen and oxygen atoms in total. The number of ether oxygens (including phenoxy) is 1. The molecular weight excluding hydrogens is 377 g/mol. The summed E-state index contributed by atoms with van der Waals surface area (Å²) in [5.74, 6) is 1.21. The molecule has 5 rings (SSSR count). The lowest BCUT2D eigenvalue weighted by molar-refractivity contribution is 0.215. The van der Waals surface area contributed by atoms with Crippen LogP contribution >= 0.6 is 0 Å². The molecule has 0 atom stereocenters. The highest BCUT2D eigenvalue weighted by molar-refractivity contribution is 5.86. The Bertz CT molecular complexity index is 1180. The van der Waals surface area contributed by atoms with Crippen molar-refractivity contribution in [2.45, 2.75) is 32.1 Å². The maximum Gasteiger partial charge on any atom is 0.132 e. The number of benzene rings is 2. The van der Waals surface area contributed by atoms with Crippen LogP contribution in [-0.2, 0) is 6.42 Å². The van der Waals surface area contributed by atoms with Crippen molar-refractivity contribution in [3.63, 3.8) is 0 Å². The lowest BCUT2D eigenvalue weighted by Gasteiger charge is -2.32. The van der Waals surface area contributed by atoms with E-state index in [1.807, 2.05) is 18.3 Å². The molecule has 1 fully saturated rings. The number of piperidine rings is 1. The topological polar surface area (TPSA) is 44.0 Å². The van der Waals surface area contributed by atoms with Gasteiger partial charge in [-0.05, 0) is 86.7 Å². The van der Waals surface area contributed by atoms with Gasteiger partial charge < -0.3 is 19.6 Å². The van der Waals surface area contributed by atoms with Crippen LogP contribution in [0.3, 0.4) is 0 Å². The third-order valence-corrected chi connectivity index (χ3v) is 6.72. The van der Waals surface area contributed by atoms with Gasteiger partial charge in [-0.2, -0.15) is 0 Å². The summed E-state index contributed by atoms with van der Waals surface area (Å²) in [6.45, 7) is 5.30. The fourth-order valence-corrected chi connectivity index (χ4v) is 5.04. The predicted octanol–water partition coefficient (Wildman–Crippen LogP) is 5.53. The number of fused-ring (bicyclic) bond motifs is 2. The van der Waals surface area contributed by atoms with Crippen LogP contribution in [0.2, 0.25) is 0 Å². The third kappa shape index (κ3) is 3.37. The first-order valence-electron chi connectivity index (χ1n) is 10.8. The van der Waals surface area contributed by atoms with Crippen molar-refractivity contribution in [1.29, 1.82) is 0 Å². The van der Waals surface area contributed by atoms with Crippen molar-refractivity contribution >= 4 is 21.8 Å². The maximum atomic E-state index is 14.4. The molecule has 2 aromatic carbocycles. The highest BCUT2D eigenvalue weighted by Crippen LogP contribution is 2.34. The quantitative estimate of drug-likeness (QED) is 0.459. The second-order valence-electron chi connectivity index (χ2n) is 8.41. The van der Waals surface area contributed by atoms with Crippen LogP contribution in [-0.4, -0.2) is 41.6 Å². The maximum absolute atomic E-state index is 14.4. The lowest BCUT2D eigenvalue weighted by Crippen LogP contribution is -2.34. The molecule has 0 spiro atoms. The molecule has 1 saturated heterocycles. The van der Waals surface area contributed by atoms with E-state index in [4.69, 9.17) is 4.74 Å². The molecule has 1 aliphatic heterocycles. The summed E-state index contributed by atoms with van der Waals surface area (Å²) in [7, 11) is 1.71. The normalized spacial score (nSPS) is 16.0. The van der Waals surface area contributed by atoms with E-state index in [1.54, 1.807) is 19.2 Å². The second kappa shape index (κ2) is 7.80. The zero-order chi connectivity index (χ0) is 20.7. The Kier molecular flexibility index (Phi) is 4.99. The molecule has 2 N–H and O–H groups in total. The Morgan fingerprint density at radius 3 is 2.77 bits per heavy atom. The molecule has 3 heterocycles. The smallest absolute Gasteiger partial charge is 0.132 e. The first-order valence-corrected chi connectivity index (χ1v) is 10.8. The van der Waals surface area contributed by atoms with E-state index in [9.17, 15) is 4.39 Å². The number of aromatic amines is 2. The van der Waals surface area contributed by atoms with Crippen LogP contribution < -0.4 is 4.74 Å². The minimum atomic E-state index is -0.114. The number of hydrogen-bond donors (Lipinski definition) is 2. The van der Waals surface area contributed by atoms with Crippen molar-refractivity contribution in [2.75, 3.05) is 26.7 Å². The van der Waals surface area contributed by atoms with Crippen molar-refractivity contribution in [1.82, 2.24) is 14.9 Å². The minimum absolute atomic E-state index is 0.114. The van der Waals surface area contributed by atoms with Gasteiger partial charge >= 0.3 is 0 Å². The van der Waals surface area contributed by atoms with Crippen LogP contribution in [0.15, 0.2) is 42.6 Å². The van der Waals surface area contributed by atoms with Crippen LogP contribution in [0, 0.1) is 12.7 Å². The van der Waals surface area contributed by atoms with E-state index in [0.717, 1.165) is 61.1 Å². The van der Waals surface area contributed by atoms with E-state index in [-0.39, 0.29) is 5.82 Å². The molecule has 0 bridgehead atoms. The lowest BCUT2D eigenvalue weighted by atomic mass is 9.89. The number of aromatic nitrogens is 2. The van der Waals surface area contributed by atoms with Gasteiger partial charge in [0.2, 0.25) is 0 Å². The van der Waals surface area contributed by atoms with Gasteiger partial charge in [0.1, 0.15) is 11.6 Å². The van der Waals surface area contributed by atoms with Gasteiger partial charge in [-0.1, -0.05) is 6.07 Å². The Labute approximate surface area is 176 Å². The fraction of sp³-hybridized carbons (Fsp3) is 0.360. The second-order valence-corrected chi connectivity index (χ2v) is 8.41. The number of aryl methyl sites for hydroxylation is 1. The number of halogens is 1. The van der Waals surface area contributed by atoms with Crippen LogP contribution in [0.5, 0.6) is 5.75 Å². The highest BCUT2D eigenvalue weighted by Gasteiger charge is 2.24. The average molecular weight is 406 g/mol. The largest absolute Gasteiger partial charge is 0.497 e. The van der Waals surface area contributed by atoms with Crippen LogP contribution in [0.25, 0.3) is 21.8 Å². The van der Waals surface area contributed by atoms with Gasteiger partial charge in [0.25, 0.3) is 0 Å². The molecule has 2 aromatic heterocycles. The van der Waals surface area contributed by atoms with Crippen LogP contribution in [0.1, 0.15) is 35.6 Å². The molecule has 1 aliphatic rings. The van der Waals surface area contributed by atoms with Gasteiger partial charge in [0.15, 0.2) is 0 Å². The Morgan fingerprint density at radius 2 is 1.97 bits per heavy atom. The molecule has 0 amide bonds. The van der Waals surface area contributed by atoms with Gasteiger partial charge in [0, 0.05) is 40.2 Å². The summed E-state index contributed by atoms with van der Waals surface area (Å²) in [5.41, 5.74) is 5.83. The van der Waals surface area contributed by atoms with E-state index >= 15 is 0 Å². The predicted molar refractivity (Wildman–Crippen MR) is 120 cm³/mol. The highest BCUT2D eigenvalue weighted by atomic mass is 19.1. The Hall–Kier alpha value is -2.79. The summed E-state index contributed by atoms with van der Waals surface area (Å²) in [4.78, 5) is 9.29. The van der Waals surface area contributed by atoms with Gasteiger partial charge in [-0.3, -0.25) is 0 Å². The van der Waals surface area contributed by atoms with Gasteiger partial charge in [-0.15, -0.1) is 0 Å². The number of hydrogen-bond acceptors (Lipinski definition) is 2. The number of H-pyrrole nitrogens is 2. The average Bonchev–Trinajstić information content (AvgIpc) is 3.33. The van der Waals surface area contributed by atoms with E-state index in [2.05, 4.69) is 33.9 Å². The van der Waals surface area contributed by atoms with Crippen molar-refractivity contribution in [2.24, 2.45) is 0 Å². The summed E-state index contributed by atoms with van der Waals surface area (Å²) in [5, 5.41) is 2.04. The molecule has 0 unspecified atom stereocenters. The van der Waals surface area contributed by atoms with Gasteiger partial charge in [-0.25, -0.2) is 4.39 Å². The number of rotatable bonds is 5. The number of likely N-dealkylation sites (tertiary alicyclic amines) is 1. The molecule has 4 aromatic rings. The summed E-state index contributed by atoms with van der Waals surface area (Å²) < 4.78 is 19.8. The van der Waals surface area contributed by atoms with E-state index in [1.165, 1.54) is 22.2 Å². The molecule has 0 aliphatic carbocycles. The number of nitrogens with zero attached hydrogens (tertiary/aromatic N) is 1. The molecular formula is C25H28FN3O. The number of nitrogens with one attached hydrogen (secondary N) is 2. The standard InChI is InChI=1S/C25H28FN3O/c1-16-19(20-14-18(30-2)6-7-23(20)28-16)10-13-29-11-8-17(9-12-29)21-15-27-24-5-3-4-22(26)25(21)24/h3-7,14-15,17,27-28H,8-13H2,1-2H3. The summed E-state index contributed by atoms with van der Waals surface area (Å²) in [6, 6.07) is 11.5. The molecule has 0 saturated carbocycles. The molecule has 156 valence electrons. The Morgan fingerprint density at radius 1 is 1.13 bits per heavy atom.